The van der Waals surface area contributed by atoms with Gasteiger partial charge in [-0.2, -0.15) is 0 Å². The van der Waals surface area contributed by atoms with Crippen LogP contribution in [0.4, 0.5) is 0 Å². The van der Waals surface area contributed by atoms with E-state index >= 15 is 0 Å². The summed E-state index contributed by atoms with van der Waals surface area (Å²) in [5, 5.41) is 4.93. The van der Waals surface area contributed by atoms with E-state index in [1.54, 1.807) is 5.70 Å². The Hall–Kier alpha value is -0.500. The van der Waals surface area contributed by atoms with E-state index in [1.807, 2.05) is 0 Å². The van der Waals surface area contributed by atoms with Gasteiger partial charge in [-0.1, -0.05) is 12.5 Å². The molecule has 0 aromatic carbocycles. The van der Waals surface area contributed by atoms with Crippen molar-refractivity contribution in [2.45, 2.75) is 44.9 Å². The average molecular weight is 194 g/mol. The predicted octanol–water partition coefficient (Wildman–Crippen LogP) is 2.78. The Kier molecular flexibility index (Phi) is 3.46. The van der Waals surface area contributed by atoms with Crippen molar-refractivity contribution in [3.63, 3.8) is 0 Å². The summed E-state index contributed by atoms with van der Waals surface area (Å²) in [6.07, 6.45) is 11.9. The Bertz CT molecular complexity index is 204. The van der Waals surface area contributed by atoms with E-state index in [1.165, 1.54) is 58.0 Å². The SMILES string of the molecule is CN(C1=CCCCC1)N1CCCCC1. The molecule has 0 atom stereocenters. The van der Waals surface area contributed by atoms with Crippen molar-refractivity contribution in [3.8, 4) is 0 Å². The van der Waals surface area contributed by atoms with E-state index in [0.717, 1.165) is 0 Å². The van der Waals surface area contributed by atoms with E-state index in [9.17, 15) is 0 Å². The Morgan fingerprint density at radius 3 is 2.50 bits per heavy atom. The molecule has 0 aromatic heterocycles. The quantitative estimate of drug-likeness (QED) is 0.667. The van der Waals surface area contributed by atoms with E-state index in [-0.39, 0.29) is 0 Å². The van der Waals surface area contributed by atoms with Crippen molar-refractivity contribution in [1.29, 1.82) is 0 Å². The summed E-state index contributed by atoms with van der Waals surface area (Å²) in [6, 6.07) is 0. The number of hydrogen-bond donors (Lipinski definition) is 0. The molecule has 2 heteroatoms. The molecular weight excluding hydrogens is 172 g/mol. The summed E-state index contributed by atoms with van der Waals surface area (Å²) >= 11 is 0. The summed E-state index contributed by atoms with van der Waals surface area (Å²) in [7, 11) is 2.24. The molecule has 1 aliphatic heterocycles. The second-order valence-corrected chi connectivity index (χ2v) is 4.48. The fourth-order valence-corrected chi connectivity index (χ4v) is 2.47. The fourth-order valence-electron chi connectivity index (χ4n) is 2.47. The first-order valence-corrected chi connectivity index (χ1v) is 6.05. The van der Waals surface area contributed by atoms with E-state index in [2.05, 4.69) is 23.1 Å². The Balaban J connectivity index is 1.91. The molecule has 0 saturated carbocycles. The maximum atomic E-state index is 2.51. The van der Waals surface area contributed by atoms with Gasteiger partial charge in [0.05, 0.1) is 0 Å². The molecule has 1 saturated heterocycles. The Labute approximate surface area is 87.5 Å². The molecule has 2 rings (SSSR count). The highest BCUT2D eigenvalue weighted by atomic mass is 15.6. The van der Waals surface area contributed by atoms with E-state index < -0.39 is 0 Å². The van der Waals surface area contributed by atoms with Crippen LogP contribution in [0.1, 0.15) is 44.9 Å². The number of hydrazine groups is 1. The number of nitrogens with zero attached hydrogens (tertiary/aromatic N) is 2. The molecule has 1 aliphatic carbocycles. The molecule has 0 radical (unpaired) electrons. The molecule has 2 nitrogen and oxygen atoms in total. The average Bonchev–Trinajstić information content (AvgIpc) is 2.30. The fraction of sp³-hybridized carbons (Fsp3) is 0.833. The molecule has 0 unspecified atom stereocenters. The lowest BCUT2D eigenvalue weighted by Crippen LogP contribution is -2.42. The van der Waals surface area contributed by atoms with Gasteiger partial charge in [0.1, 0.15) is 0 Å². The van der Waals surface area contributed by atoms with Gasteiger partial charge in [0.15, 0.2) is 0 Å². The largest absolute Gasteiger partial charge is 0.313 e. The zero-order valence-corrected chi connectivity index (χ0v) is 9.34. The second kappa shape index (κ2) is 4.83. The third kappa shape index (κ3) is 2.30. The Morgan fingerprint density at radius 2 is 1.86 bits per heavy atom. The molecule has 0 spiro atoms. The minimum atomic E-state index is 1.26. The van der Waals surface area contributed by atoms with Crippen LogP contribution in [-0.2, 0) is 0 Å². The molecule has 1 fully saturated rings. The molecule has 2 aliphatic rings. The molecule has 0 bridgehead atoms. The van der Waals surface area contributed by atoms with Crippen molar-refractivity contribution in [3.05, 3.63) is 11.8 Å². The van der Waals surface area contributed by atoms with Crippen molar-refractivity contribution < 1.29 is 0 Å². The Morgan fingerprint density at radius 1 is 1.07 bits per heavy atom. The van der Waals surface area contributed by atoms with Crippen molar-refractivity contribution >= 4 is 0 Å². The standard InChI is InChI=1S/C12H22N2/c1-13(12-8-4-2-5-9-12)14-10-6-3-7-11-14/h8H,2-7,9-11H2,1H3. The maximum Gasteiger partial charge on any atom is 0.0253 e. The molecule has 0 aromatic rings. The third-order valence-electron chi connectivity index (χ3n) is 3.44. The van der Waals surface area contributed by atoms with Gasteiger partial charge < -0.3 is 5.01 Å². The lowest BCUT2D eigenvalue weighted by atomic mass is 10.0. The van der Waals surface area contributed by atoms with Gasteiger partial charge in [-0.05, 0) is 38.5 Å². The summed E-state index contributed by atoms with van der Waals surface area (Å²) in [5.41, 5.74) is 1.55. The van der Waals surface area contributed by atoms with E-state index in [0.29, 0.717) is 0 Å². The van der Waals surface area contributed by atoms with Gasteiger partial charge in [-0.25, -0.2) is 5.01 Å². The van der Waals surface area contributed by atoms with Crippen molar-refractivity contribution in [2.75, 3.05) is 20.1 Å². The van der Waals surface area contributed by atoms with Crippen LogP contribution in [0.3, 0.4) is 0 Å². The molecule has 14 heavy (non-hydrogen) atoms. The van der Waals surface area contributed by atoms with E-state index in [4.69, 9.17) is 0 Å². The van der Waals surface area contributed by atoms with Gasteiger partial charge in [0.25, 0.3) is 0 Å². The van der Waals surface area contributed by atoms with Gasteiger partial charge in [-0.3, -0.25) is 0 Å². The predicted molar refractivity (Wildman–Crippen MR) is 59.7 cm³/mol. The van der Waals surface area contributed by atoms with Gasteiger partial charge in [0, 0.05) is 25.8 Å². The first kappa shape index (κ1) is 10.0. The number of hydrogen-bond acceptors (Lipinski definition) is 2. The number of allylic oxidation sites excluding steroid dienone is 2. The minimum absolute atomic E-state index is 1.26. The van der Waals surface area contributed by atoms with Crippen LogP contribution >= 0.6 is 0 Å². The van der Waals surface area contributed by atoms with Gasteiger partial charge in [0.2, 0.25) is 0 Å². The first-order valence-electron chi connectivity index (χ1n) is 6.05. The van der Waals surface area contributed by atoms with Crippen LogP contribution < -0.4 is 0 Å². The minimum Gasteiger partial charge on any atom is -0.313 e. The highest BCUT2D eigenvalue weighted by Gasteiger charge is 2.17. The van der Waals surface area contributed by atoms with Crippen LogP contribution in [0.2, 0.25) is 0 Å². The zero-order chi connectivity index (χ0) is 9.80. The van der Waals surface area contributed by atoms with Crippen LogP contribution in [0.15, 0.2) is 11.8 Å². The summed E-state index contributed by atoms with van der Waals surface area (Å²) in [4.78, 5) is 0. The van der Waals surface area contributed by atoms with Crippen molar-refractivity contribution in [2.24, 2.45) is 0 Å². The van der Waals surface area contributed by atoms with Crippen LogP contribution in [0, 0.1) is 0 Å². The molecule has 0 N–H and O–H groups in total. The summed E-state index contributed by atoms with van der Waals surface area (Å²) in [5.74, 6) is 0. The molecule has 80 valence electrons. The highest BCUT2D eigenvalue weighted by Crippen LogP contribution is 2.22. The first-order chi connectivity index (χ1) is 6.88. The normalized spacial score (nSPS) is 24.5. The second-order valence-electron chi connectivity index (χ2n) is 4.48. The van der Waals surface area contributed by atoms with Crippen molar-refractivity contribution in [1.82, 2.24) is 10.0 Å². The van der Waals surface area contributed by atoms with Crippen LogP contribution in [-0.4, -0.2) is 30.2 Å². The number of piperidine rings is 1. The summed E-state index contributed by atoms with van der Waals surface area (Å²) in [6.45, 7) is 2.52. The summed E-state index contributed by atoms with van der Waals surface area (Å²) < 4.78 is 0. The molecule has 0 amide bonds. The van der Waals surface area contributed by atoms with Gasteiger partial charge >= 0.3 is 0 Å². The van der Waals surface area contributed by atoms with Crippen LogP contribution in [0.5, 0.6) is 0 Å². The monoisotopic (exact) mass is 194 g/mol. The number of rotatable bonds is 2. The highest BCUT2D eigenvalue weighted by molar-refractivity contribution is 5.02. The topological polar surface area (TPSA) is 6.48 Å². The van der Waals surface area contributed by atoms with Gasteiger partial charge in [-0.15, -0.1) is 0 Å². The maximum absolute atomic E-state index is 2.51. The lowest BCUT2D eigenvalue weighted by molar-refractivity contribution is 0.0103. The lowest BCUT2D eigenvalue weighted by Gasteiger charge is -2.38. The molecule has 1 heterocycles. The van der Waals surface area contributed by atoms with Crippen LogP contribution in [0.25, 0.3) is 0 Å². The smallest absolute Gasteiger partial charge is 0.0253 e. The zero-order valence-electron chi connectivity index (χ0n) is 9.34. The molecular formula is C12H22N2. The third-order valence-corrected chi connectivity index (χ3v) is 3.44.